The first-order valence-electron chi connectivity index (χ1n) is 10.2. The summed E-state index contributed by atoms with van der Waals surface area (Å²) < 4.78 is 11.2. The molecule has 5 rings (SSSR count). The van der Waals surface area contributed by atoms with Crippen molar-refractivity contribution in [3.05, 3.63) is 50.9 Å². The smallest absolute Gasteiger partial charge is 0.277 e. The molecule has 1 aromatic carbocycles. The molecule has 7 nitrogen and oxygen atoms in total. The molecular formula is C22H22N4O3S2. The summed E-state index contributed by atoms with van der Waals surface area (Å²) in [5, 5.41) is 9.33. The van der Waals surface area contributed by atoms with E-state index >= 15 is 0 Å². The first kappa shape index (κ1) is 20.3. The minimum atomic E-state index is -0.152. The van der Waals surface area contributed by atoms with Crippen LogP contribution in [0.1, 0.15) is 41.8 Å². The highest BCUT2D eigenvalue weighted by atomic mass is 32.2. The van der Waals surface area contributed by atoms with Gasteiger partial charge in [0.05, 0.1) is 23.3 Å². The lowest BCUT2D eigenvalue weighted by Gasteiger charge is -2.17. The molecule has 0 saturated carbocycles. The lowest BCUT2D eigenvalue weighted by atomic mass is 9.89. The molecule has 0 bridgehead atoms. The number of nitrogens with one attached hydrogen (secondary N) is 1. The molecule has 2 unspecified atom stereocenters. The van der Waals surface area contributed by atoms with E-state index < -0.39 is 0 Å². The van der Waals surface area contributed by atoms with Crippen molar-refractivity contribution in [1.82, 2.24) is 20.2 Å². The number of fused-ring (bicyclic) bond motifs is 3. The van der Waals surface area contributed by atoms with Crippen molar-refractivity contribution in [3.8, 4) is 17.2 Å². The molecule has 0 radical (unpaired) electrons. The Balaban J connectivity index is 1.42. The van der Waals surface area contributed by atoms with Gasteiger partial charge in [0.2, 0.25) is 0 Å². The van der Waals surface area contributed by atoms with Gasteiger partial charge in [-0.1, -0.05) is 30.8 Å². The molecule has 2 atom stereocenters. The second-order valence-corrected chi connectivity index (χ2v) is 10.2. The number of ether oxygens (including phenoxy) is 1. The van der Waals surface area contributed by atoms with Crippen LogP contribution in [0.2, 0.25) is 0 Å². The maximum atomic E-state index is 12.9. The zero-order valence-electron chi connectivity index (χ0n) is 17.5. The van der Waals surface area contributed by atoms with Crippen LogP contribution in [-0.2, 0) is 12.8 Å². The maximum absolute atomic E-state index is 12.9. The van der Waals surface area contributed by atoms with E-state index in [2.05, 4.69) is 22.1 Å². The van der Waals surface area contributed by atoms with E-state index in [1.807, 2.05) is 31.2 Å². The van der Waals surface area contributed by atoms with Crippen molar-refractivity contribution in [1.29, 1.82) is 0 Å². The Morgan fingerprint density at radius 1 is 1.32 bits per heavy atom. The number of thioether (sulfide) groups is 1. The minimum absolute atomic E-state index is 0.0558. The summed E-state index contributed by atoms with van der Waals surface area (Å²) in [6.07, 6.45) is 3.11. The van der Waals surface area contributed by atoms with Gasteiger partial charge in [0.1, 0.15) is 16.4 Å². The fourth-order valence-corrected chi connectivity index (χ4v) is 6.08. The van der Waals surface area contributed by atoms with E-state index in [1.54, 1.807) is 18.4 Å². The lowest BCUT2D eigenvalue weighted by Crippen LogP contribution is -2.15. The Hall–Kier alpha value is -2.65. The van der Waals surface area contributed by atoms with Gasteiger partial charge < -0.3 is 14.1 Å². The number of benzene rings is 1. The maximum Gasteiger partial charge on any atom is 0.277 e. The van der Waals surface area contributed by atoms with Crippen LogP contribution < -0.4 is 10.3 Å². The fraction of sp³-hybridized carbons (Fsp3) is 0.364. The van der Waals surface area contributed by atoms with Crippen LogP contribution in [0.5, 0.6) is 5.75 Å². The molecule has 3 heterocycles. The third-order valence-electron chi connectivity index (χ3n) is 5.59. The molecule has 0 amide bonds. The molecule has 0 saturated heterocycles. The predicted octanol–water partition coefficient (Wildman–Crippen LogP) is 5.02. The molecule has 9 heteroatoms. The van der Waals surface area contributed by atoms with Gasteiger partial charge in [-0.3, -0.25) is 4.79 Å². The van der Waals surface area contributed by atoms with Gasteiger partial charge in [0, 0.05) is 4.88 Å². The van der Waals surface area contributed by atoms with Crippen LogP contribution in [0.15, 0.2) is 38.7 Å². The summed E-state index contributed by atoms with van der Waals surface area (Å²) in [5.74, 6) is 2.34. The number of hydrogen-bond donors (Lipinski definition) is 1. The van der Waals surface area contributed by atoms with Gasteiger partial charge in [-0.2, -0.15) is 0 Å². The Bertz CT molecular complexity index is 1310. The van der Waals surface area contributed by atoms with E-state index in [1.165, 1.54) is 22.2 Å². The zero-order chi connectivity index (χ0) is 21.5. The van der Waals surface area contributed by atoms with Crippen LogP contribution in [0.3, 0.4) is 0 Å². The minimum Gasteiger partial charge on any atom is -0.496 e. The van der Waals surface area contributed by atoms with Crippen LogP contribution >= 0.6 is 23.1 Å². The van der Waals surface area contributed by atoms with Crippen molar-refractivity contribution in [2.75, 3.05) is 7.11 Å². The SMILES string of the molecule is COc1ccccc1-c1nnc(SC(C)c2nc3sc4c(c3c(=O)[nH]2)CCC(C)C4)o1. The van der Waals surface area contributed by atoms with E-state index in [0.29, 0.717) is 28.6 Å². The zero-order valence-corrected chi connectivity index (χ0v) is 19.1. The van der Waals surface area contributed by atoms with Gasteiger partial charge in [0.25, 0.3) is 16.7 Å². The van der Waals surface area contributed by atoms with E-state index in [-0.39, 0.29) is 10.8 Å². The number of aromatic amines is 1. The first-order chi connectivity index (χ1) is 15.0. The molecule has 0 aliphatic heterocycles. The Morgan fingerprint density at radius 3 is 3.00 bits per heavy atom. The van der Waals surface area contributed by atoms with E-state index in [0.717, 1.165) is 35.0 Å². The number of aryl methyl sites for hydroxylation is 1. The highest BCUT2D eigenvalue weighted by Crippen LogP contribution is 2.38. The van der Waals surface area contributed by atoms with Crippen molar-refractivity contribution >= 4 is 33.3 Å². The molecular weight excluding hydrogens is 432 g/mol. The van der Waals surface area contributed by atoms with E-state index in [9.17, 15) is 4.79 Å². The molecule has 1 aliphatic rings. The van der Waals surface area contributed by atoms with Crippen LogP contribution in [0, 0.1) is 5.92 Å². The highest BCUT2D eigenvalue weighted by molar-refractivity contribution is 7.99. The van der Waals surface area contributed by atoms with Gasteiger partial charge in [0.15, 0.2) is 0 Å². The third kappa shape index (κ3) is 3.76. The number of rotatable bonds is 5. The number of thiophene rings is 1. The van der Waals surface area contributed by atoms with Crippen LogP contribution in [-0.4, -0.2) is 27.3 Å². The van der Waals surface area contributed by atoms with Gasteiger partial charge >= 0.3 is 0 Å². The number of hydrogen-bond acceptors (Lipinski definition) is 8. The van der Waals surface area contributed by atoms with Crippen LogP contribution in [0.25, 0.3) is 21.7 Å². The van der Waals surface area contributed by atoms with Crippen molar-refractivity contribution in [2.24, 2.45) is 5.92 Å². The Kier molecular flexibility index (Phi) is 5.31. The fourth-order valence-electron chi connectivity index (χ4n) is 3.95. The summed E-state index contributed by atoms with van der Waals surface area (Å²) in [6.45, 7) is 4.23. The largest absolute Gasteiger partial charge is 0.496 e. The Labute approximate surface area is 187 Å². The number of para-hydroxylation sites is 1. The molecule has 4 aromatic rings. The Morgan fingerprint density at radius 2 is 2.16 bits per heavy atom. The van der Waals surface area contributed by atoms with Crippen molar-refractivity contribution in [3.63, 3.8) is 0 Å². The van der Waals surface area contributed by atoms with Gasteiger partial charge in [-0.15, -0.1) is 21.5 Å². The molecule has 0 fully saturated rings. The summed E-state index contributed by atoms with van der Waals surface area (Å²) in [5.41, 5.74) is 1.88. The topological polar surface area (TPSA) is 93.9 Å². The first-order valence-corrected chi connectivity index (χ1v) is 11.9. The van der Waals surface area contributed by atoms with Crippen molar-refractivity contribution < 1.29 is 9.15 Å². The predicted molar refractivity (Wildman–Crippen MR) is 122 cm³/mol. The van der Waals surface area contributed by atoms with Gasteiger partial charge in [-0.25, -0.2) is 4.98 Å². The summed E-state index contributed by atoms with van der Waals surface area (Å²) in [7, 11) is 1.61. The van der Waals surface area contributed by atoms with E-state index in [4.69, 9.17) is 14.1 Å². The van der Waals surface area contributed by atoms with Gasteiger partial charge in [-0.05, 0) is 49.8 Å². The summed E-state index contributed by atoms with van der Waals surface area (Å²) in [6, 6.07) is 7.50. The quantitative estimate of drug-likeness (QED) is 0.423. The summed E-state index contributed by atoms with van der Waals surface area (Å²) in [4.78, 5) is 22.8. The third-order valence-corrected chi connectivity index (χ3v) is 7.68. The monoisotopic (exact) mass is 454 g/mol. The molecule has 0 spiro atoms. The molecule has 1 N–H and O–H groups in total. The van der Waals surface area contributed by atoms with Crippen LogP contribution in [0.4, 0.5) is 0 Å². The normalized spacial score (nSPS) is 16.9. The number of methoxy groups -OCH3 is 1. The summed E-state index contributed by atoms with van der Waals surface area (Å²) >= 11 is 3.02. The number of H-pyrrole nitrogens is 1. The number of nitrogens with zero attached hydrogens (tertiary/aromatic N) is 3. The molecule has 160 valence electrons. The average molecular weight is 455 g/mol. The highest BCUT2D eigenvalue weighted by Gasteiger charge is 2.24. The number of aromatic nitrogens is 4. The molecule has 1 aliphatic carbocycles. The lowest BCUT2D eigenvalue weighted by molar-refractivity contribution is 0.411. The molecule has 3 aromatic heterocycles. The second kappa shape index (κ2) is 8.12. The van der Waals surface area contributed by atoms with Crippen molar-refractivity contribution in [2.45, 2.75) is 43.6 Å². The molecule has 31 heavy (non-hydrogen) atoms. The average Bonchev–Trinajstić information content (AvgIpc) is 3.37. The second-order valence-electron chi connectivity index (χ2n) is 7.82. The standard InChI is InChI=1S/C22H22N4O3S2/c1-11-8-9-14-16(10-11)31-21-17(14)19(27)23-18(24-21)12(2)30-22-26-25-20(29-22)13-6-4-5-7-15(13)28-3/h4-7,11-12H,8-10H2,1-3H3,(H,23,24,27).